The summed E-state index contributed by atoms with van der Waals surface area (Å²) in [7, 11) is 0. The zero-order valence-corrected chi connectivity index (χ0v) is 11.4. The number of urea groups is 1. The number of aromatic hydroxyl groups is 1. The van der Waals surface area contributed by atoms with Crippen molar-refractivity contribution in [3.63, 3.8) is 0 Å². The second kappa shape index (κ2) is 4.42. The number of phenolic OH excluding ortho intramolecular Hbond substituents is 1. The van der Waals surface area contributed by atoms with Crippen LogP contribution in [0.2, 0.25) is 0 Å². The van der Waals surface area contributed by atoms with Gasteiger partial charge in [0.05, 0.1) is 5.69 Å². The van der Waals surface area contributed by atoms with Gasteiger partial charge in [-0.05, 0) is 30.3 Å². The Morgan fingerprint density at radius 1 is 1.00 bits per heavy atom. The van der Waals surface area contributed by atoms with Crippen molar-refractivity contribution in [3.8, 4) is 5.75 Å². The highest BCUT2D eigenvalue weighted by Crippen LogP contribution is 2.33. The molecule has 2 aromatic carbocycles. The van der Waals surface area contributed by atoms with Crippen molar-refractivity contribution in [3.05, 3.63) is 48.5 Å². The number of nitrogens with zero attached hydrogens (tertiary/aromatic N) is 2. The molecule has 1 saturated heterocycles. The summed E-state index contributed by atoms with van der Waals surface area (Å²) in [6, 6.07) is 12.3. The van der Waals surface area contributed by atoms with Gasteiger partial charge in [-0.25, -0.2) is 14.7 Å². The lowest BCUT2D eigenvalue weighted by atomic mass is 10.1. The van der Waals surface area contributed by atoms with E-state index in [2.05, 4.69) is 4.99 Å². The van der Waals surface area contributed by atoms with Crippen LogP contribution in [-0.2, 0) is 4.79 Å². The number of para-hydroxylation sites is 2. The summed E-state index contributed by atoms with van der Waals surface area (Å²) >= 11 is 0. The lowest BCUT2D eigenvalue weighted by molar-refractivity contribution is -0.350. The molecule has 1 fully saturated rings. The Balaban J connectivity index is 1.81. The number of carbonyl (C=O) groups is 2. The third-order valence-electron chi connectivity index (χ3n) is 3.82. The van der Waals surface area contributed by atoms with E-state index < -0.39 is 12.1 Å². The molecule has 6 heteroatoms. The summed E-state index contributed by atoms with van der Waals surface area (Å²) in [6.07, 6.45) is 1.61. The minimum absolute atomic E-state index is 0.0825. The highest BCUT2D eigenvalue weighted by atomic mass is 16.3. The molecular formula is C16H12N3O3+. The maximum absolute atomic E-state index is 12.7. The van der Waals surface area contributed by atoms with Crippen LogP contribution in [0.1, 0.15) is 0 Å². The fraction of sp³-hybridized carbons (Fsp3) is 0.0625. The summed E-state index contributed by atoms with van der Waals surface area (Å²) in [5.41, 5.74) is 1.90. The predicted molar refractivity (Wildman–Crippen MR) is 80.4 cm³/mol. The van der Waals surface area contributed by atoms with Crippen LogP contribution in [0, 0.1) is 0 Å². The predicted octanol–water partition coefficient (Wildman–Crippen LogP) is 0.530. The van der Waals surface area contributed by atoms with Gasteiger partial charge in [0, 0.05) is 6.07 Å². The molecule has 1 atom stereocenters. The highest BCUT2D eigenvalue weighted by molar-refractivity contribution is 6.33. The van der Waals surface area contributed by atoms with Gasteiger partial charge in [-0.3, -0.25) is 9.69 Å². The van der Waals surface area contributed by atoms with Gasteiger partial charge >= 0.3 is 6.03 Å². The molecule has 0 saturated carbocycles. The first-order valence-electron chi connectivity index (χ1n) is 6.82. The Bertz CT molecular complexity index is 814. The zero-order chi connectivity index (χ0) is 15.3. The minimum Gasteiger partial charge on any atom is -0.508 e. The van der Waals surface area contributed by atoms with Gasteiger partial charge < -0.3 is 5.11 Å². The molecule has 3 amide bonds. The molecule has 2 N–H and O–H groups in total. The minimum atomic E-state index is -0.670. The monoisotopic (exact) mass is 294 g/mol. The van der Waals surface area contributed by atoms with E-state index in [4.69, 9.17) is 0 Å². The summed E-state index contributed by atoms with van der Waals surface area (Å²) < 4.78 is 0. The van der Waals surface area contributed by atoms with E-state index in [1.807, 2.05) is 18.2 Å². The molecule has 0 aromatic heterocycles. The topological polar surface area (TPSA) is 74.8 Å². The van der Waals surface area contributed by atoms with Crippen LogP contribution >= 0.6 is 0 Å². The van der Waals surface area contributed by atoms with Gasteiger partial charge in [-0.2, -0.15) is 0 Å². The molecule has 2 heterocycles. The van der Waals surface area contributed by atoms with Crippen LogP contribution in [0.15, 0.2) is 48.5 Å². The molecular weight excluding hydrogens is 282 g/mol. The van der Waals surface area contributed by atoms with E-state index in [9.17, 15) is 14.7 Å². The second-order valence-electron chi connectivity index (χ2n) is 5.12. The third kappa shape index (κ3) is 1.64. The zero-order valence-electron chi connectivity index (χ0n) is 11.4. The quantitative estimate of drug-likeness (QED) is 0.753. The highest BCUT2D eigenvalue weighted by Gasteiger charge is 2.50. The number of hydrogen-bond acceptors (Lipinski definition) is 3. The van der Waals surface area contributed by atoms with Crippen molar-refractivity contribution < 1.29 is 19.7 Å². The number of benzene rings is 2. The van der Waals surface area contributed by atoms with Crippen molar-refractivity contribution in [2.24, 2.45) is 0 Å². The molecule has 22 heavy (non-hydrogen) atoms. The van der Waals surface area contributed by atoms with Gasteiger partial charge in [-0.1, -0.05) is 12.1 Å². The van der Waals surface area contributed by atoms with E-state index in [0.29, 0.717) is 11.4 Å². The first kappa shape index (κ1) is 12.6. The van der Waals surface area contributed by atoms with E-state index in [1.54, 1.807) is 24.4 Å². The normalized spacial score (nSPS) is 19.4. The molecule has 2 aliphatic rings. The summed E-state index contributed by atoms with van der Waals surface area (Å²) in [5.74, 6) is -0.239. The Morgan fingerprint density at radius 3 is 2.50 bits per heavy atom. The van der Waals surface area contributed by atoms with E-state index >= 15 is 0 Å². The number of amides is 3. The van der Waals surface area contributed by atoms with Crippen LogP contribution in [0.4, 0.5) is 21.9 Å². The average Bonchev–Trinajstić information content (AvgIpc) is 2.80. The van der Waals surface area contributed by atoms with Crippen molar-refractivity contribution in [2.75, 3.05) is 9.80 Å². The van der Waals surface area contributed by atoms with Crippen molar-refractivity contribution in [2.45, 2.75) is 6.04 Å². The largest absolute Gasteiger partial charge is 0.508 e. The number of nitrogens with one attached hydrogen (secondary N) is 1. The third-order valence-corrected chi connectivity index (χ3v) is 3.82. The molecule has 0 bridgehead atoms. The Morgan fingerprint density at radius 2 is 1.73 bits per heavy atom. The van der Waals surface area contributed by atoms with Gasteiger partial charge in [0.2, 0.25) is 5.69 Å². The van der Waals surface area contributed by atoms with E-state index in [1.165, 1.54) is 17.0 Å². The molecule has 2 aromatic rings. The lowest BCUT2D eigenvalue weighted by Crippen LogP contribution is -2.69. The summed E-state index contributed by atoms with van der Waals surface area (Å²) in [5, 5.41) is 9.35. The van der Waals surface area contributed by atoms with Gasteiger partial charge in [0.15, 0.2) is 12.3 Å². The molecule has 108 valence electrons. The molecule has 0 aliphatic carbocycles. The van der Waals surface area contributed by atoms with Crippen LogP contribution in [0.3, 0.4) is 0 Å². The summed E-state index contributed by atoms with van der Waals surface area (Å²) in [4.78, 5) is 31.0. The fourth-order valence-electron chi connectivity index (χ4n) is 2.78. The SMILES string of the molecule is O=C1C2C=[NH+]c3ccccc3N2C(=O)N1c1ccc(O)cc1. The smallest absolute Gasteiger partial charge is 0.337 e. The average molecular weight is 294 g/mol. The van der Waals surface area contributed by atoms with Crippen molar-refractivity contribution in [1.29, 1.82) is 0 Å². The first-order valence-corrected chi connectivity index (χ1v) is 6.82. The molecule has 0 radical (unpaired) electrons. The standard InChI is InChI=1S/C16H11N3O3/c20-11-7-5-10(6-8-11)18-15(21)14-9-17-12-3-1-2-4-13(12)19(14)16(18)22/h1-9,14,20H/p+1. The maximum Gasteiger partial charge on any atom is 0.337 e. The number of fused-ring (bicyclic) bond motifs is 3. The number of imide groups is 1. The first-order chi connectivity index (χ1) is 10.7. The molecule has 6 nitrogen and oxygen atoms in total. The Kier molecular flexibility index (Phi) is 2.53. The van der Waals surface area contributed by atoms with Gasteiger partial charge in [-0.15, -0.1) is 0 Å². The number of anilines is 2. The van der Waals surface area contributed by atoms with Crippen LogP contribution in [0.25, 0.3) is 0 Å². The molecule has 0 spiro atoms. The number of rotatable bonds is 1. The molecule has 4 rings (SSSR count). The number of carbonyl (C=O) groups excluding carboxylic acids is 2. The lowest BCUT2D eigenvalue weighted by Gasteiger charge is -2.20. The maximum atomic E-state index is 12.7. The Labute approximate surface area is 125 Å². The van der Waals surface area contributed by atoms with Gasteiger partial charge in [0.25, 0.3) is 5.91 Å². The van der Waals surface area contributed by atoms with E-state index in [-0.39, 0.29) is 11.7 Å². The van der Waals surface area contributed by atoms with Gasteiger partial charge in [0.1, 0.15) is 11.4 Å². The van der Waals surface area contributed by atoms with Crippen LogP contribution in [-0.4, -0.2) is 29.3 Å². The molecule has 1 unspecified atom stereocenters. The van der Waals surface area contributed by atoms with Crippen molar-refractivity contribution in [1.82, 2.24) is 0 Å². The van der Waals surface area contributed by atoms with Crippen LogP contribution < -0.4 is 14.8 Å². The molecule has 2 aliphatic heterocycles. The summed E-state index contributed by atoms with van der Waals surface area (Å²) in [6.45, 7) is 0. The fourth-order valence-corrected chi connectivity index (χ4v) is 2.78. The number of phenols is 1. The van der Waals surface area contributed by atoms with Crippen LogP contribution in [0.5, 0.6) is 5.75 Å². The number of hydrogen-bond donors (Lipinski definition) is 2. The Hall–Kier alpha value is -3.15. The van der Waals surface area contributed by atoms with E-state index in [0.717, 1.165) is 10.6 Å². The second-order valence-corrected chi connectivity index (χ2v) is 5.12. The van der Waals surface area contributed by atoms with Crippen molar-refractivity contribution >= 4 is 35.2 Å².